The summed E-state index contributed by atoms with van der Waals surface area (Å²) in [5, 5.41) is 0. The zero-order valence-corrected chi connectivity index (χ0v) is 7.36. The highest BCUT2D eigenvalue weighted by atomic mass is 35.5. The summed E-state index contributed by atoms with van der Waals surface area (Å²) in [7, 11) is 2.39. The molecule has 3 heteroatoms. The maximum Gasteiger partial charge on any atom is 0.0914 e. The average molecular weight is 164 g/mol. The quantitative estimate of drug-likeness (QED) is 0.461. The van der Waals surface area contributed by atoms with Crippen molar-refractivity contribution in [3.63, 3.8) is 0 Å². The van der Waals surface area contributed by atoms with Gasteiger partial charge in [0.15, 0.2) is 0 Å². The van der Waals surface area contributed by atoms with Gasteiger partial charge in [0, 0.05) is 19.6 Å². The van der Waals surface area contributed by atoms with Crippen molar-refractivity contribution in [2.24, 2.45) is 0 Å². The number of fused-ring (bicyclic) bond motifs is 3. The second-order valence-corrected chi connectivity index (χ2v) is 3.63. The lowest BCUT2D eigenvalue weighted by Gasteiger charge is -2.48. The van der Waals surface area contributed by atoms with E-state index in [0.717, 1.165) is 0 Å². The van der Waals surface area contributed by atoms with Crippen molar-refractivity contribution >= 4 is 12.4 Å². The van der Waals surface area contributed by atoms with E-state index >= 15 is 0 Å². The standard InChI is InChI=1S/C7H15N2.ClH/c1-9-5-2-8(3-6-9)4-7-9;/h2-7H2,1H3;1H/q+1;. The van der Waals surface area contributed by atoms with Crippen LogP contribution in [0.3, 0.4) is 0 Å². The van der Waals surface area contributed by atoms with Crippen LogP contribution in [-0.4, -0.2) is 55.7 Å². The van der Waals surface area contributed by atoms with Gasteiger partial charge in [-0.05, 0) is 0 Å². The smallest absolute Gasteiger partial charge is 0.0914 e. The minimum Gasteiger partial charge on any atom is -0.323 e. The van der Waals surface area contributed by atoms with Crippen LogP contribution >= 0.6 is 12.4 Å². The first kappa shape index (κ1) is 8.31. The molecule has 0 amide bonds. The lowest BCUT2D eigenvalue weighted by atomic mass is 10.2. The molecular weight excluding hydrogens is 148 g/mol. The number of hydrogen-bond acceptors (Lipinski definition) is 1. The number of hydrogen-bond donors (Lipinski definition) is 0. The van der Waals surface area contributed by atoms with Crippen molar-refractivity contribution in [2.45, 2.75) is 0 Å². The fourth-order valence-electron chi connectivity index (χ4n) is 1.82. The Morgan fingerprint density at radius 3 is 1.60 bits per heavy atom. The summed E-state index contributed by atoms with van der Waals surface area (Å²) in [6.45, 7) is 8.20. The van der Waals surface area contributed by atoms with Gasteiger partial charge in [-0.1, -0.05) is 0 Å². The molecule has 3 aliphatic heterocycles. The summed E-state index contributed by atoms with van der Waals surface area (Å²) in [6.07, 6.45) is 0. The summed E-state index contributed by atoms with van der Waals surface area (Å²) in [5.74, 6) is 0. The van der Waals surface area contributed by atoms with Crippen LogP contribution in [0.2, 0.25) is 0 Å². The molecule has 0 spiro atoms. The van der Waals surface area contributed by atoms with Crippen molar-refractivity contribution in [3.05, 3.63) is 0 Å². The third kappa shape index (κ3) is 1.29. The zero-order chi connectivity index (χ0) is 6.32. The van der Waals surface area contributed by atoms with E-state index in [2.05, 4.69) is 11.9 Å². The van der Waals surface area contributed by atoms with Gasteiger partial charge in [0.25, 0.3) is 0 Å². The van der Waals surface area contributed by atoms with E-state index in [1.54, 1.807) is 0 Å². The molecule has 2 bridgehead atoms. The van der Waals surface area contributed by atoms with Crippen LogP contribution in [0, 0.1) is 0 Å². The molecule has 3 saturated heterocycles. The Morgan fingerprint density at radius 2 is 1.40 bits per heavy atom. The fourth-order valence-corrected chi connectivity index (χ4v) is 1.82. The molecule has 0 aromatic heterocycles. The molecule has 0 radical (unpaired) electrons. The summed E-state index contributed by atoms with van der Waals surface area (Å²) in [6, 6.07) is 0. The normalized spacial score (nSPS) is 44.7. The van der Waals surface area contributed by atoms with Gasteiger partial charge >= 0.3 is 0 Å². The first-order chi connectivity index (χ1) is 4.29. The van der Waals surface area contributed by atoms with E-state index in [-0.39, 0.29) is 12.4 Å². The van der Waals surface area contributed by atoms with Gasteiger partial charge < -0.3 is 4.48 Å². The number of rotatable bonds is 0. The van der Waals surface area contributed by atoms with E-state index < -0.39 is 0 Å². The maximum absolute atomic E-state index is 2.57. The van der Waals surface area contributed by atoms with Crippen LogP contribution in [0.25, 0.3) is 0 Å². The lowest BCUT2D eigenvalue weighted by molar-refractivity contribution is -0.922. The molecule has 0 aromatic rings. The molecule has 0 N–H and O–H groups in total. The van der Waals surface area contributed by atoms with Crippen LogP contribution in [0.5, 0.6) is 0 Å². The van der Waals surface area contributed by atoms with E-state index in [4.69, 9.17) is 0 Å². The number of nitrogens with zero attached hydrogens (tertiary/aromatic N) is 2. The summed E-state index contributed by atoms with van der Waals surface area (Å²) in [4.78, 5) is 2.57. The van der Waals surface area contributed by atoms with Crippen LogP contribution in [0.1, 0.15) is 0 Å². The second-order valence-electron chi connectivity index (χ2n) is 3.63. The molecule has 0 atom stereocenters. The molecule has 60 valence electrons. The first-order valence-electron chi connectivity index (χ1n) is 3.84. The van der Waals surface area contributed by atoms with E-state index in [0.29, 0.717) is 0 Å². The van der Waals surface area contributed by atoms with E-state index in [9.17, 15) is 0 Å². The molecule has 3 heterocycles. The summed E-state index contributed by atoms with van der Waals surface area (Å²) >= 11 is 0. The number of likely N-dealkylation sites (N-methyl/N-ethyl adjacent to an activating group) is 1. The van der Waals surface area contributed by atoms with Crippen LogP contribution in [-0.2, 0) is 0 Å². The average Bonchev–Trinajstić information content (AvgIpc) is 1.90. The fraction of sp³-hybridized carbons (Fsp3) is 1.00. The molecule has 3 aliphatic rings. The highest BCUT2D eigenvalue weighted by Gasteiger charge is 2.34. The van der Waals surface area contributed by atoms with Gasteiger partial charge in [-0.2, -0.15) is 0 Å². The first-order valence-corrected chi connectivity index (χ1v) is 3.84. The number of quaternary nitrogens is 1. The van der Waals surface area contributed by atoms with Gasteiger partial charge in [0.05, 0.1) is 26.7 Å². The number of halogens is 1. The monoisotopic (exact) mass is 163 g/mol. The molecule has 0 saturated carbocycles. The molecule has 0 unspecified atom stereocenters. The van der Waals surface area contributed by atoms with Crippen LogP contribution < -0.4 is 0 Å². The van der Waals surface area contributed by atoms with Gasteiger partial charge in [-0.25, -0.2) is 0 Å². The summed E-state index contributed by atoms with van der Waals surface area (Å²) < 4.78 is 1.34. The summed E-state index contributed by atoms with van der Waals surface area (Å²) in [5.41, 5.74) is 0. The van der Waals surface area contributed by atoms with Crippen molar-refractivity contribution in [3.8, 4) is 0 Å². The minimum atomic E-state index is 0. The molecule has 0 aliphatic carbocycles. The van der Waals surface area contributed by atoms with Gasteiger partial charge in [-0.3, -0.25) is 4.90 Å². The molecule has 0 aromatic carbocycles. The zero-order valence-electron chi connectivity index (χ0n) is 6.55. The second kappa shape index (κ2) is 2.68. The van der Waals surface area contributed by atoms with Crippen molar-refractivity contribution in [1.29, 1.82) is 0 Å². The Bertz CT molecular complexity index is 105. The predicted molar refractivity (Wildman–Crippen MR) is 44.5 cm³/mol. The SMILES string of the molecule is C[N+]12CCN(CC1)CC2.Cl. The van der Waals surface area contributed by atoms with E-state index in [1.807, 2.05) is 0 Å². The van der Waals surface area contributed by atoms with Crippen molar-refractivity contribution < 1.29 is 4.48 Å². The highest BCUT2D eigenvalue weighted by Crippen LogP contribution is 2.15. The number of piperazine rings is 3. The molecule has 2 nitrogen and oxygen atoms in total. The molecule has 3 fully saturated rings. The largest absolute Gasteiger partial charge is 0.323 e. The topological polar surface area (TPSA) is 3.24 Å². The Balaban J connectivity index is 0.000000500. The Labute approximate surface area is 68.8 Å². The Kier molecular flexibility index (Phi) is 2.23. The van der Waals surface area contributed by atoms with Crippen LogP contribution in [0.15, 0.2) is 0 Å². The van der Waals surface area contributed by atoms with Gasteiger partial charge in [0.1, 0.15) is 0 Å². The van der Waals surface area contributed by atoms with Gasteiger partial charge in [-0.15, -0.1) is 12.4 Å². The minimum absolute atomic E-state index is 0. The predicted octanol–water partition coefficient (Wildman–Crippen LogP) is 0.184. The van der Waals surface area contributed by atoms with Crippen molar-refractivity contribution in [2.75, 3.05) is 46.3 Å². The third-order valence-electron chi connectivity index (χ3n) is 2.87. The third-order valence-corrected chi connectivity index (χ3v) is 2.87. The van der Waals surface area contributed by atoms with Crippen molar-refractivity contribution in [1.82, 2.24) is 4.90 Å². The lowest BCUT2D eigenvalue weighted by Crippen LogP contribution is -2.65. The molecule has 10 heavy (non-hydrogen) atoms. The Morgan fingerprint density at radius 1 is 1.00 bits per heavy atom. The maximum atomic E-state index is 2.57. The highest BCUT2D eigenvalue weighted by molar-refractivity contribution is 5.85. The molecule has 3 rings (SSSR count). The van der Waals surface area contributed by atoms with E-state index in [1.165, 1.54) is 43.8 Å². The molecular formula is C7H16ClN2+. The Hall–Kier alpha value is 0.210. The van der Waals surface area contributed by atoms with Crippen LogP contribution in [0.4, 0.5) is 0 Å². The van der Waals surface area contributed by atoms with Gasteiger partial charge in [0.2, 0.25) is 0 Å².